The van der Waals surface area contributed by atoms with Crippen LogP contribution >= 0.6 is 0 Å². The Bertz CT molecular complexity index is 342. The van der Waals surface area contributed by atoms with Crippen LogP contribution in [0.1, 0.15) is 42.0 Å². The van der Waals surface area contributed by atoms with Gasteiger partial charge in [0.1, 0.15) is 0 Å². The molecule has 0 aliphatic heterocycles. The molecule has 0 amide bonds. The van der Waals surface area contributed by atoms with E-state index in [1.807, 2.05) is 0 Å². The predicted molar refractivity (Wildman–Crippen MR) is 63.3 cm³/mol. The molecule has 0 heterocycles. The molecule has 0 saturated heterocycles. The third-order valence-corrected chi connectivity index (χ3v) is 3.57. The van der Waals surface area contributed by atoms with Crippen molar-refractivity contribution in [1.82, 2.24) is 5.43 Å². The van der Waals surface area contributed by atoms with Crippen LogP contribution in [0.5, 0.6) is 0 Å². The number of hydrogen-bond donors (Lipinski definition) is 2. The number of aryl methyl sites for hydroxylation is 2. The minimum atomic E-state index is 0.346. The van der Waals surface area contributed by atoms with Gasteiger partial charge in [-0.2, -0.15) is 0 Å². The van der Waals surface area contributed by atoms with E-state index in [0.29, 0.717) is 6.04 Å². The highest BCUT2D eigenvalue weighted by atomic mass is 15.2. The van der Waals surface area contributed by atoms with Crippen LogP contribution in [0.3, 0.4) is 0 Å². The van der Waals surface area contributed by atoms with E-state index in [4.69, 9.17) is 5.84 Å². The highest BCUT2D eigenvalue weighted by molar-refractivity contribution is 5.33. The lowest BCUT2D eigenvalue weighted by Crippen LogP contribution is -2.36. The molecule has 1 fully saturated rings. The molecule has 1 unspecified atom stereocenters. The maximum atomic E-state index is 5.68. The molecule has 82 valence electrons. The molecule has 0 bridgehead atoms. The van der Waals surface area contributed by atoms with Crippen molar-refractivity contribution in [1.29, 1.82) is 0 Å². The average molecular weight is 204 g/mol. The van der Waals surface area contributed by atoms with Gasteiger partial charge < -0.3 is 0 Å². The molecular weight excluding hydrogens is 184 g/mol. The van der Waals surface area contributed by atoms with Crippen LogP contribution in [-0.2, 0) is 0 Å². The summed E-state index contributed by atoms with van der Waals surface area (Å²) in [6, 6.07) is 6.96. The zero-order valence-electron chi connectivity index (χ0n) is 9.59. The van der Waals surface area contributed by atoms with Crippen molar-refractivity contribution in [3.8, 4) is 0 Å². The Labute approximate surface area is 91.8 Å². The Hall–Kier alpha value is -0.860. The van der Waals surface area contributed by atoms with Crippen molar-refractivity contribution < 1.29 is 0 Å². The zero-order valence-corrected chi connectivity index (χ0v) is 9.59. The summed E-state index contributed by atoms with van der Waals surface area (Å²) in [5.41, 5.74) is 7.02. The third kappa shape index (κ3) is 2.06. The van der Waals surface area contributed by atoms with Crippen molar-refractivity contribution in [3.05, 3.63) is 34.9 Å². The molecule has 1 aromatic rings. The number of nitrogens with one attached hydrogen (secondary N) is 1. The van der Waals surface area contributed by atoms with E-state index in [1.54, 1.807) is 0 Å². The molecule has 1 saturated carbocycles. The van der Waals surface area contributed by atoms with Crippen LogP contribution in [0, 0.1) is 19.8 Å². The number of benzene rings is 1. The van der Waals surface area contributed by atoms with Gasteiger partial charge in [-0.05, 0) is 43.7 Å². The SMILES string of the molecule is Cc1ccc(C)c(C(NN)C2CCC2)c1. The Morgan fingerprint density at radius 2 is 2.07 bits per heavy atom. The molecule has 1 aromatic carbocycles. The first-order valence-electron chi connectivity index (χ1n) is 5.75. The van der Waals surface area contributed by atoms with E-state index in [-0.39, 0.29) is 0 Å². The van der Waals surface area contributed by atoms with Crippen molar-refractivity contribution in [2.45, 2.75) is 39.2 Å². The van der Waals surface area contributed by atoms with Crippen molar-refractivity contribution in [2.75, 3.05) is 0 Å². The van der Waals surface area contributed by atoms with Crippen molar-refractivity contribution in [2.24, 2.45) is 11.8 Å². The van der Waals surface area contributed by atoms with Gasteiger partial charge in [-0.1, -0.05) is 30.2 Å². The summed E-state index contributed by atoms with van der Waals surface area (Å²) < 4.78 is 0. The van der Waals surface area contributed by atoms with E-state index in [2.05, 4.69) is 37.5 Å². The first kappa shape index (κ1) is 10.7. The molecule has 15 heavy (non-hydrogen) atoms. The highest BCUT2D eigenvalue weighted by Crippen LogP contribution is 2.38. The van der Waals surface area contributed by atoms with E-state index in [9.17, 15) is 0 Å². The average Bonchev–Trinajstić information content (AvgIpc) is 2.15. The molecule has 0 aromatic heterocycles. The fraction of sp³-hybridized carbons (Fsp3) is 0.538. The van der Waals surface area contributed by atoms with Gasteiger partial charge in [0.2, 0.25) is 0 Å². The van der Waals surface area contributed by atoms with Gasteiger partial charge in [-0.3, -0.25) is 11.3 Å². The molecule has 1 aliphatic carbocycles. The topological polar surface area (TPSA) is 38.0 Å². The van der Waals surface area contributed by atoms with Gasteiger partial charge >= 0.3 is 0 Å². The number of hydrazine groups is 1. The van der Waals surface area contributed by atoms with Crippen LogP contribution in [0.4, 0.5) is 0 Å². The summed E-state index contributed by atoms with van der Waals surface area (Å²) in [7, 11) is 0. The van der Waals surface area contributed by atoms with Gasteiger partial charge in [0, 0.05) is 6.04 Å². The van der Waals surface area contributed by atoms with Crippen LogP contribution in [0.15, 0.2) is 18.2 Å². The van der Waals surface area contributed by atoms with Gasteiger partial charge in [-0.25, -0.2) is 0 Å². The molecule has 2 rings (SSSR count). The summed E-state index contributed by atoms with van der Waals surface area (Å²) in [6.45, 7) is 4.30. The van der Waals surface area contributed by atoms with Gasteiger partial charge in [0.05, 0.1) is 0 Å². The minimum absolute atomic E-state index is 0.346. The quantitative estimate of drug-likeness (QED) is 0.586. The molecule has 2 heteroatoms. The smallest absolute Gasteiger partial charge is 0.0490 e. The summed E-state index contributed by atoms with van der Waals surface area (Å²) in [5.74, 6) is 6.42. The largest absolute Gasteiger partial charge is 0.271 e. The number of nitrogens with two attached hydrogens (primary N) is 1. The molecule has 0 spiro atoms. The first-order chi connectivity index (χ1) is 7.22. The van der Waals surface area contributed by atoms with Gasteiger partial charge in [0.15, 0.2) is 0 Å². The van der Waals surface area contributed by atoms with Crippen LogP contribution in [0.2, 0.25) is 0 Å². The van der Waals surface area contributed by atoms with E-state index in [0.717, 1.165) is 5.92 Å². The lowest BCUT2D eigenvalue weighted by Gasteiger charge is -2.34. The van der Waals surface area contributed by atoms with Gasteiger partial charge in [-0.15, -0.1) is 0 Å². The lowest BCUT2D eigenvalue weighted by molar-refractivity contribution is 0.231. The fourth-order valence-corrected chi connectivity index (χ4v) is 2.35. The van der Waals surface area contributed by atoms with E-state index in [1.165, 1.54) is 36.0 Å². The molecule has 3 N–H and O–H groups in total. The van der Waals surface area contributed by atoms with Crippen LogP contribution in [0.25, 0.3) is 0 Å². The normalized spacial score (nSPS) is 18.6. The second kappa shape index (κ2) is 4.33. The summed E-state index contributed by atoms with van der Waals surface area (Å²) in [5, 5.41) is 0. The predicted octanol–water partition coefficient (Wildman–Crippen LogP) is 2.61. The summed E-state index contributed by atoms with van der Waals surface area (Å²) in [6.07, 6.45) is 3.97. The van der Waals surface area contributed by atoms with E-state index >= 15 is 0 Å². The standard InChI is InChI=1S/C13H20N2/c1-9-6-7-10(2)12(8-9)13(15-14)11-4-3-5-11/h6-8,11,13,15H,3-5,14H2,1-2H3. The lowest BCUT2D eigenvalue weighted by atomic mass is 9.76. The Kier molecular flexibility index (Phi) is 3.08. The van der Waals surface area contributed by atoms with Gasteiger partial charge in [0.25, 0.3) is 0 Å². The second-order valence-corrected chi connectivity index (χ2v) is 4.70. The number of hydrogen-bond acceptors (Lipinski definition) is 2. The molecule has 2 nitrogen and oxygen atoms in total. The monoisotopic (exact) mass is 204 g/mol. The Morgan fingerprint density at radius 3 is 2.60 bits per heavy atom. The van der Waals surface area contributed by atoms with Crippen molar-refractivity contribution in [3.63, 3.8) is 0 Å². The maximum absolute atomic E-state index is 5.68. The van der Waals surface area contributed by atoms with Crippen LogP contribution < -0.4 is 11.3 Å². The third-order valence-electron chi connectivity index (χ3n) is 3.57. The molecule has 0 radical (unpaired) electrons. The second-order valence-electron chi connectivity index (χ2n) is 4.70. The first-order valence-corrected chi connectivity index (χ1v) is 5.75. The Morgan fingerprint density at radius 1 is 1.33 bits per heavy atom. The zero-order chi connectivity index (χ0) is 10.8. The number of rotatable bonds is 3. The van der Waals surface area contributed by atoms with E-state index < -0.39 is 0 Å². The summed E-state index contributed by atoms with van der Waals surface area (Å²) in [4.78, 5) is 0. The molecular formula is C13H20N2. The molecule has 1 atom stereocenters. The minimum Gasteiger partial charge on any atom is -0.271 e. The maximum Gasteiger partial charge on any atom is 0.0490 e. The highest BCUT2D eigenvalue weighted by Gasteiger charge is 2.28. The molecule has 1 aliphatic rings. The Balaban J connectivity index is 2.28. The fourth-order valence-electron chi connectivity index (χ4n) is 2.35. The van der Waals surface area contributed by atoms with Crippen molar-refractivity contribution >= 4 is 0 Å². The summed E-state index contributed by atoms with van der Waals surface area (Å²) >= 11 is 0. The van der Waals surface area contributed by atoms with Crippen LogP contribution in [-0.4, -0.2) is 0 Å².